The maximum atomic E-state index is 13.3. The summed E-state index contributed by atoms with van der Waals surface area (Å²) in [6, 6.07) is 9.28. The number of carbonyl (C=O) groups excluding carboxylic acids is 1. The number of nitrogens with two attached hydrogens (primary N) is 3. The number of halogens is 3. The first-order valence-corrected chi connectivity index (χ1v) is 18.4. The van der Waals surface area contributed by atoms with Gasteiger partial charge in [0.15, 0.2) is 11.5 Å². The van der Waals surface area contributed by atoms with Crippen molar-refractivity contribution in [3.05, 3.63) is 42.0 Å². The Morgan fingerprint density at radius 2 is 1.39 bits per heavy atom. The van der Waals surface area contributed by atoms with Crippen LogP contribution in [0.25, 0.3) is 10.1 Å². The molecule has 0 saturated heterocycles. The summed E-state index contributed by atoms with van der Waals surface area (Å²) in [5.74, 6) is -2.28. The molecule has 22 heteroatoms. The van der Waals surface area contributed by atoms with E-state index in [2.05, 4.69) is 5.32 Å². The molecule has 0 aliphatic carbocycles. The van der Waals surface area contributed by atoms with Gasteiger partial charge in [0.1, 0.15) is 10.5 Å². The van der Waals surface area contributed by atoms with E-state index < -0.39 is 42.0 Å². The molecule has 1 heterocycles. The van der Waals surface area contributed by atoms with Crippen LogP contribution in [0, 0.1) is 0 Å². The highest BCUT2D eigenvalue weighted by molar-refractivity contribution is 7.92. The number of carboxylic acids is 1. The number of hydrogen-bond acceptors (Lipinski definition) is 12. The summed E-state index contributed by atoms with van der Waals surface area (Å²) < 4.78 is 87.9. The molecule has 0 unspecified atom stereocenters. The van der Waals surface area contributed by atoms with Gasteiger partial charge in [0, 0.05) is 16.0 Å². The Morgan fingerprint density at radius 1 is 0.878 bits per heavy atom. The molecular weight excluding hydrogens is 722 g/mol. The fraction of sp³-hybridized carbons (Fsp3) is 0.407. The van der Waals surface area contributed by atoms with Crippen LogP contribution in [0.2, 0.25) is 0 Å². The minimum atomic E-state index is -5.08. The van der Waals surface area contributed by atoms with Crippen LogP contribution in [-0.4, -0.2) is 87.1 Å². The molecule has 3 rings (SSSR count). The predicted molar refractivity (Wildman–Crippen MR) is 175 cm³/mol. The number of benzene rings is 2. The van der Waals surface area contributed by atoms with Gasteiger partial charge in [-0.2, -0.15) is 17.9 Å². The zero-order valence-electron chi connectivity index (χ0n) is 25.8. The Hall–Kier alpha value is -3.53. The first-order valence-electron chi connectivity index (χ1n) is 14.3. The van der Waals surface area contributed by atoms with Crippen LogP contribution in [0.3, 0.4) is 0 Å². The standard InChI is InChI=1S/C25H36N5O9PS2.C2HF3O2/c26-6-1-9-37-20-13-18(14-21(38-10-2-7-27)24(20)39-11-3-8-28)25(31)30-19-4-5-22-17(12-19)15-23(41-22)42(35,36)29-16-40(32,33)34;3-2(4,5)1(6)7/h4-5,12-15,29H,1-3,6-11,16,26-28H2,(H,30,31)(H2,32,33,34);(H,6,7). The third-order valence-electron chi connectivity index (χ3n) is 5.81. The number of carboxylic acid groups (broad SMARTS) is 1. The SMILES string of the molecule is NCCCOc1cc(C(=O)Nc2ccc3sc(S(=O)(=O)NCP(=O)(O)O)cc3c2)cc(OCCCN)c1OCCCN.O=C(O)C(F)(F)F. The van der Waals surface area contributed by atoms with E-state index >= 15 is 0 Å². The van der Waals surface area contributed by atoms with Crippen LogP contribution in [0.5, 0.6) is 17.2 Å². The maximum absolute atomic E-state index is 13.3. The van der Waals surface area contributed by atoms with Gasteiger partial charge in [0.2, 0.25) is 5.75 Å². The van der Waals surface area contributed by atoms with Crippen LogP contribution in [0.1, 0.15) is 29.6 Å². The summed E-state index contributed by atoms with van der Waals surface area (Å²) in [6.45, 7) is 2.16. The number of nitrogens with one attached hydrogen (secondary N) is 2. The number of fused-ring (bicyclic) bond motifs is 1. The lowest BCUT2D eigenvalue weighted by Crippen LogP contribution is -2.23. The number of amides is 1. The fourth-order valence-electron chi connectivity index (χ4n) is 3.53. The van der Waals surface area contributed by atoms with Gasteiger partial charge < -0.3 is 51.6 Å². The van der Waals surface area contributed by atoms with Crippen molar-refractivity contribution < 1.29 is 64.8 Å². The molecule has 0 saturated carbocycles. The van der Waals surface area contributed by atoms with Crippen molar-refractivity contribution >= 4 is 56.6 Å². The second-order valence-electron chi connectivity index (χ2n) is 9.82. The Bertz CT molecular complexity index is 1690. The minimum Gasteiger partial charge on any atom is -0.489 e. The first kappa shape index (κ1) is 41.6. The molecule has 0 fully saturated rings. The minimum absolute atomic E-state index is 0.127. The van der Waals surface area contributed by atoms with Gasteiger partial charge in [0.05, 0.1) is 19.8 Å². The van der Waals surface area contributed by atoms with Crippen molar-refractivity contribution in [1.29, 1.82) is 0 Å². The molecule has 3 aromatic rings. The molecule has 16 nitrogen and oxygen atoms in total. The van der Waals surface area contributed by atoms with Gasteiger partial charge in [-0.3, -0.25) is 9.36 Å². The van der Waals surface area contributed by atoms with Crippen molar-refractivity contribution in [2.45, 2.75) is 29.6 Å². The van der Waals surface area contributed by atoms with Gasteiger partial charge >= 0.3 is 19.7 Å². The molecule has 0 radical (unpaired) electrons. The number of ether oxygens (including phenoxy) is 3. The van der Waals surface area contributed by atoms with Crippen LogP contribution < -0.4 is 41.5 Å². The van der Waals surface area contributed by atoms with Crippen LogP contribution in [-0.2, 0) is 19.4 Å². The Balaban J connectivity index is 0.00000107. The topological polar surface area (TPSA) is 276 Å². The summed E-state index contributed by atoms with van der Waals surface area (Å²) in [5, 5.41) is 10.4. The molecule has 1 amide bonds. The van der Waals surface area contributed by atoms with E-state index in [4.69, 9.17) is 51.1 Å². The van der Waals surface area contributed by atoms with Gasteiger partial charge in [-0.05, 0) is 80.7 Å². The molecule has 274 valence electrons. The number of thiophene rings is 1. The monoisotopic (exact) mass is 759 g/mol. The highest BCUT2D eigenvalue weighted by Crippen LogP contribution is 2.40. The Kier molecular flexibility index (Phi) is 16.2. The normalized spacial score (nSPS) is 11.8. The predicted octanol–water partition coefficient (Wildman–Crippen LogP) is 2.38. The second kappa shape index (κ2) is 19.0. The van der Waals surface area contributed by atoms with E-state index in [1.54, 1.807) is 30.3 Å². The summed E-state index contributed by atoms with van der Waals surface area (Å²) in [5.41, 5.74) is 17.4. The number of anilines is 1. The lowest BCUT2D eigenvalue weighted by Gasteiger charge is -2.18. The van der Waals surface area contributed by atoms with E-state index in [0.29, 0.717) is 91.7 Å². The van der Waals surface area contributed by atoms with Crippen molar-refractivity contribution in [2.75, 3.05) is 51.1 Å². The molecule has 11 N–H and O–H groups in total. The molecular formula is C27H37F3N5O11PS2. The van der Waals surface area contributed by atoms with E-state index in [1.165, 1.54) is 6.07 Å². The van der Waals surface area contributed by atoms with Gasteiger partial charge in [-0.15, -0.1) is 11.3 Å². The lowest BCUT2D eigenvalue weighted by molar-refractivity contribution is -0.192. The third-order valence-corrected chi connectivity index (χ3v) is 9.58. The second-order valence-corrected chi connectivity index (χ2v) is 14.5. The molecule has 49 heavy (non-hydrogen) atoms. The van der Waals surface area contributed by atoms with E-state index in [1.807, 2.05) is 4.72 Å². The van der Waals surface area contributed by atoms with Gasteiger partial charge in [-0.25, -0.2) is 13.2 Å². The van der Waals surface area contributed by atoms with Crippen LogP contribution in [0.15, 0.2) is 40.6 Å². The molecule has 0 atom stereocenters. The zero-order valence-corrected chi connectivity index (χ0v) is 28.3. The number of sulfonamides is 1. The van der Waals surface area contributed by atoms with Crippen LogP contribution >= 0.6 is 18.9 Å². The number of alkyl halides is 3. The third kappa shape index (κ3) is 14.1. The smallest absolute Gasteiger partial charge is 0.489 e. The number of hydrogen-bond donors (Lipinski definition) is 8. The average molecular weight is 760 g/mol. The van der Waals surface area contributed by atoms with Crippen molar-refractivity contribution in [3.63, 3.8) is 0 Å². The van der Waals surface area contributed by atoms with E-state index in [0.717, 1.165) is 11.3 Å². The average Bonchev–Trinajstić information content (AvgIpc) is 3.45. The van der Waals surface area contributed by atoms with Crippen molar-refractivity contribution in [2.24, 2.45) is 17.2 Å². The molecule has 0 bridgehead atoms. The molecule has 1 aromatic heterocycles. The summed E-state index contributed by atoms with van der Waals surface area (Å²) in [6.07, 6.45) is -4.34. The summed E-state index contributed by atoms with van der Waals surface area (Å²) in [4.78, 5) is 40.2. The van der Waals surface area contributed by atoms with Crippen molar-refractivity contribution in [3.8, 4) is 17.2 Å². The summed E-state index contributed by atoms with van der Waals surface area (Å²) in [7, 11) is -8.73. The summed E-state index contributed by atoms with van der Waals surface area (Å²) >= 11 is 0.922. The zero-order chi connectivity index (χ0) is 36.8. The van der Waals surface area contributed by atoms with E-state index in [9.17, 15) is 30.9 Å². The van der Waals surface area contributed by atoms with Crippen molar-refractivity contribution in [1.82, 2.24) is 4.72 Å². The highest BCUT2D eigenvalue weighted by Gasteiger charge is 2.38. The van der Waals surface area contributed by atoms with Gasteiger partial charge in [0.25, 0.3) is 15.9 Å². The number of carbonyl (C=O) groups is 2. The Morgan fingerprint density at radius 3 is 1.86 bits per heavy atom. The first-order chi connectivity index (χ1) is 22.9. The molecule has 0 aliphatic rings. The number of rotatable bonds is 18. The maximum Gasteiger partial charge on any atom is 0.490 e. The molecule has 0 spiro atoms. The quantitative estimate of drug-likeness (QED) is 0.0683. The lowest BCUT2D eigenvalue weighted by atomic mass is 10.1. The molecule has 0 aliphatic heterocycles. The van der Waals surface area contributed by atoms with Gasteiger partial charge in [-0.1, -0.05) is 0 Å². The molecule has 2 aromatic carbocycles. The fourth-order valence-corrected chi connectivity index (χ4v) is 6.96. The largest absolute Gasteiger partial charge is 0.490 e. The Labute approximate surface area is 282 Å². The van der Waals surface area contributed by atoms with Crippen LogP contribution in [0.4, 0.5) is 18.9 Å². The highest BCUT2D eigenvalue weighted by atomic mass is 32.2. The van der Waals surface area contributed by atoms with E-state index in [-0.39, 0.29) is 9.77 Å². The number of aliphatic carboxylic acids is 1.